The van der Waals surface area contributed by atoms with E-state index in [1.165, 1.54) is 4.88 Å². The van der Waals surface area contributed by atoms with E-state index < -0.39 is 6.17 Å². The van der Waals surface area contributed by atoms with E-state index in [4.69, 9.17) is 32.0 Å². The lowest BCUT2D eigenvalue weighted by molar-refractivity contribution is 0.107. The van der Waals surface area contributed by atoms with Crippen LogP contribution in [0.1, 0.15) is 54.5 Å². The van der Waals surface area contributed by atoms with E-state index in [2.05, 4.69) is 25.6 Å². The highest BCUT2D eigenvalue weighted by atomic mass is 32.1. The molecule has 0 amide bonds. The second-order valence-corrected chi connectivity index (χ2v) is 14.4. The molecule has 2 aromatic rings. The monoisotopic (exact) mass is 575 g/mol. The fourth-order valence-electron chi connectivity index (χ4n) is 8.67. The molecule has 1 spiro atoms. The van der Waals surface area contributed by atoms with Crippen molar-refractivity contribution < 1.29 is 9.13 Å². The Kier molecular flexibility index (Phi) is 5.53. The van der Waals surface area contributed by atoms with Gasteiger partial charge in [0.15, 0.2) is 0 Å². The van der Waals surface area contributed by atoms with E-state index in [0.717, 1.165) is 76.8 Å². The molecule has 0 aromatic carbocycles. The lowest BCUT2D eigenvalue weighted by atomic mass is 9.74. The highest BCUT2D eigenvalue weighted by Gasteiger charge is 2.60. The Morgan fingerprint density at radius 3 is 2.78 bits per heavy atom. The lowest BCUT2D eigenvalue weighted by Gasteiger charge is -2.48. The molecule has 6 aliphatic rings. The maximum atomic E-state index is 14.4. The molecule has 1 saturated carbocycles. The molecule has 10 nitrogen and oxygen atoms in total. The summed E-state index contributed by atoms with van der Waals surface area (Å²) in [6.45, 7) is 12.8. The largest absolute Gasteiger partial charge is 0.461 e. The van der Waals surface area contributed by atoms with Gasteiger partial charge in [-0.15, -0.1) is 11.3 Å². The Morgan fingerprint density at radius 1 is 1.15 bits per heavy atom. The number of aromatic nitrogens is 3. The van der Waals surface area contributed by atoms with Gasteiger partial charge in [0.2, 0.25) is 18.4 Å². The van der Waals surface area contributed by atoms with E-state index in [1.807, 2.05) is 0 Å². The third kappa shape index (κ3) is 3.83. The van der Waals surface area contributed by atoms with Gasteiger partial charge < -0.3 is 25.1 Å². The number of piperidine rings is 1. The lowest BCUT2D eigenvalue weighted by Crippen LogP contribution is -2.59. The van der Waals surface area contributed by atoms with Gasteiger partial charge in [-0.3, -0.25) is 4.90 Å². The summed E-state index contributed by atoms with van der Waals surface area (Å²) in [5.74, 6) is 1.80. The summed E-state index contributed by atoms with van der Waals surface area (Å²) in [5.41, 5.74) is 7.62. The highest BCUT2D eigenvalue weighted by Crippen LogP contribution is 2.58. The SMILES string of the molecule is [C-]#[N+]CC12CC1CCN(c1nc(OC[C@@]34CCCN3C[C@H](F)C4)nc(N3CC4(CCc5sc(N)c(C#N)c54)C3)n1)C2. The maximum absolute atomic E-state index is 14.4. The molecule has 0 radical (unpaired) electrons. The maximum Gasteiger partial charge on any atom is 0.323 e. The molecule has 214 valence electrons. The fourth-order valence-corrected chi connectivity index (χ4v) is 9.81. The van der Waals surface area contributed by atoms with Crippen LogP contribution in [0.15, 0.2) is 0 Å². The van der Waals surface area contributed by atoms with Crippen LogP contribution in [0.2, 0.25) is 0 Å². The second kappa shape index (κ2) is 8.89. The van der Waals surface area contributed by atoms with Crippen molar-refractivity contribution in [3.05, 3.63) is 27.4 Å². The molecule has 2 N–H and O–H groups in total. The summed E-state index contributed by atoms with van der Waals surface area (Å²) in [5, 5.41) is 10.4. The molecular formula is C29H34FN9OS. The van der Waals surface area contributed by atoms with Crippen LogP contribution in [-0.2, 0) is 11.8 Å². The molecule has 2 unspecified atom stereocenters. The van der Waals surface area contributed by atoms with Crippen LogP contribution in [0.3, 0.4) is 0 Å². The molecule has 8 rings (SSSR count). The van der Waals surface area contributed by atoms with Gasteiger partial charge in [0.1, 0.15) is 23.8 Å². The van der Waals surface area contributed by atoms with Crippen molar-refractivity contribution in [3.63, 3.8) is 0 Å². The van der Waals surface area contributed by atoms with Crippen LogP contribution in [0.25, 0.3) is 4.85 Å². The number of hydrogen-bond donors (Lipinski definition) is 1. The van der Waals surface area contributed by atoms with Gasteiger partial charge in [0, 0.05) is 49.4 Å². The van der Waals surface area contributed by atoms with Gasteiger partial charge in [-0.05, 0) is 56.6 Å². The Labute approximate surface area is 243 Å². The van der Waals surface area contributed by atoms with Gasteiger partial charge in [-0.2, -0.15) is 20.2 Å². The normalized spacial score (nSPS) is 32.7. The first-order valence-electron chi connectivity index (χ1n) is 14.8. The zero-order valence-electron chi connectivity index (χ0n) is 23.1. The molecule has 41 heavy (non-hydrogen) atoms. The summed E-state index contributed by atoms with van der Waals surface area (Å²) < 4.78 is 20.7. The third-order valence-electron chi connectivity index (χ3n) is 10.9. The minimum absolute atomic E-state index is 0.0464. The van der Waals surface area contributed by atoms with Crippen LogP contribution in [0.5, 0.6) is 6.01 Å². The van der Waals surface area contributed by atoms with Crippen LogP contribution < -0.4 is 20.3 Å². The Balaban J connectivity index is 1.08. The number of alkyl halides is 1. The summed E-state index contributed by atoms with van der Waals surface area (Å²) in [7, 11) is 0. The first-order valence-corrected chi connectivity index (χ1v) is 15.6. The average molecular weight is 576 g/mol. The van der Waals surface area contributed by atoms with Crippen molar-refractivity contribution in [2.24, 2.45) is 11.3 Å². The van der Waals surface area contributed by atoms with Crippen molar-refractivity contribution in [2.75, 3.05) is 68.0 Å². The predicted octanol–water partition coefficient (Wildman–Crippen LogP) is 3.18. The second-order valence-electron chi connectivity index (χ2n) is 13.3. The molecule has 4 aliphatic heterocycles. The van der Waals surface area contributed by atoms with Crippen LogP contribution in [-0.4, -0.2) is 84.0 Å². The molecule has 6 heterocycles. The first kappa shape index (κ1) is 25.5. The van der Waals surface area contributed by atoms with Gasteiger partial charge in [0.05, 0.1) is 16.5 Å². The molecule has 12 heteroatoms. The number of nitrogens with two attached hydrogens (primary N) is 1. The Morgan fingerprint density at radius 2 is 1.98 bits per heavy atom. The summed E-state index contributed by atoms with van der Waals surface area (Å²) in [4.78, 5) is 26.1. The number of halogens is 1. The van der Waals surface area contributed by atoms with Crippen molar-refractivity contribution in [2.45, 2.75) is 62.1 Å². The standard InChI is InChI=1S/C29H34FN9OS/c1-33-13-28-9-18(28)4-8-37(16-28)24-34-25(36-26(35-24)40-17-29-5-2-7-39(29)12-19(30)10-29)38-14-27(15-38)6-3-21-22(27)20(11-31)23(32)41-21/h18-19H,2-10,12-17,32H2/t18?,19-,28?,29+/m1/s1. The van der Waals surface area contributed by atoms with Gasteiger partial charge in [-0.1, -0.05) is 0 Å². The molecule has 2 aromatic heterocycles. The number of anilines is 3. The first-order chi connectivity index (χ1) is 19.9. The summed E-state index contributed by atoms with van der Waals surface area (Å²) in [6.07, 6.45) is 5.72. The number of hydrogen-bond acceptors (Lipinski definition) is 10. The predicted molar refractivity (Wildman–Crippen MR) is 153 cm³/mol. The van der Waals surface area contributed by atoms with Gasteiger partial charge in [-0.25, -0.2) is 11.0 Å². The quantitative estimate of drug-likeness (QED) is 0.519. The average Bonchev–Trinajstić information content (AvgIpc) is 3.18. The minimum atomic E-state index is -0.820. The number of aryl methyl sites for hydroxylation is 1. The highest BCUT2D eigenvalue weighted by molar-refractivity contribution is 7.16. The number of nitriles is 1. The molecular weight excluding hydrogens is 541 g/mol. The Hall–Kier alpha value is -3.22. The smallest absolute Gasteiger partial charge is 0.323 e. The number of thiophene rings is 1. The van der Waals surface area contributed by atoms with E-state index in [0.29, 0.717) is 54.5 Å². The molecule has 4 saturated heterocycles. The molecule has 5 fully saturated rings. The minimum Gasteiger partial charge on any atom is -0.461 e. The number of ether oxygens (including phenoxy) is 1. The van der Waals surface area contributed by atoms with E-state index >= 15 is 0 Å². The van der Waals surface area contributed by atoms with E-state index in [-0.39, 0.29) is 22.4 Å². The zero-order chi connectivity index (χ0) is 28.0. The van der Waals surface area contributed by atoms with E-state index in [1.54, 1.807) is 11.3 Å². The van der Waals surface area contributed by atoms with Crippen LogP contribution in [0, 0.1) is 29.2 Å². The van der Waals surface area contributed by atoms with Crippen molar-refractivity contribution in [1.82, 2.24) is 19.9 Å². The van der Waals surface area contributed by atoms with Crippen molar-refractivity contribution in [3.8, 4) is 12.1 Å². The van der Waals surface area contributed by atoms with Crippen molar-refractivity contribution in [1.29, 1.82) is 5.26 Å². The van der Waals surface area contributed by atoms with Crippen LogP contribution >= 0.6 is 11.3 Å². The zero-order valence-corrected chi connectivity index (χ0v) is 23.9. The number of fused-ring (bicyclic) bond motifs is 4. The van der Waals surface area contributed by atoms with Gasteiger partial charge >= 0.3 is 6.01 Å². The molecule has 0 bridgehead atoms. The topological polar surface area (TPSA) is 112 Å². The number of nitrogens with zero attached hydrogens (tertiary/aromatic N) is 8. The summed E-state index contributed by atoms with van der Waals surface area (Å²) in [6, 6.07) is 2.64. The van der Waals surface area contributed by atoms with Crippen LogP contribution in [0.4, 0.5) is 21.3 Å². The molecule has 4 atom stereocenters. The fraction of sp³-hybridized carbons (Fsp3) is 0.690. The number of rotatable bonds is 6. The van der Waals surface area contributed by atoms with E-state index in [9.17, 15) is 9.65 Å². The third-order valence-corrected chi connectivity index (χ3v) is 11.9. The summed E-state index contributed by atoms with van der Waals surface area (Å²) >= 11 is 1.55. The van der Waals surface area contributed by atoms with Gasteiger partial charge in [0.25, 0.3) is 0 Å². The number of nitrogen functional groups attached to an aromatic ring is 1. The molecule has 2 aliphatic carbocycles. The van der Waals surface area contributed by atoms with Crippen molar-refractivity contribution >= 4 is 28.2 Å². The Bertz CT molecular complexity index is 1490.